The molecule has 4 aliphatic rings. The molecule has 29 heavy (non-hydrogen) atoms. The molecule has 10 unspecified atom stereocenters. The molecular formula is C27H46Br2. The van der Waals surface area contributed by atoms with E-state index in [1.54, 1.807) is 0 Å². The zero-order valence-electron chi connectivity index (χ0n) is 19.7. The Kier molecular flexibility index (Phi) is 6.95. The lowest BCUT2D eigenvalue weighted by atomic mass is 9.44. The van der Waals surface area contributed by atoms with Gasteiger partial charge in [-0.25, -0.2) is 0 Å². The maximum atomic E-state index is 4.23. The maximum Gasteiger partial charge on any atom is 0.0330 e. The van der Waals surface area contributed by atoms with Crippen molar-refractivity contribution < 1.29 is 0 Å². The van der Waals surface area contributed by atoms with Crippen molar-refractivity contribution in [3.05, 3.63) is 0 Å². The lowest BCUT2D eigenvalue weighted by Crippen LogP contribution is -2.58. The fourth-order valence-electron chi connectivity index (χ4n) is 9.28. The largest absolute Gasteiger partial charge is 0.0878 e. The SMILES string of the molecule is CC(C)CCCC(C)C1CCC2C3CCC4CCC(Br)C(Br)C4(C)C3CCC12C. The minimum Gasteiger partial charge on any atom is -0.0878 e. The van der Waals surface area contributed by atoms with Crippen molar-refractivity contribution in [2.45, 2.75) is 115 Å². The van der Waals surface area contributed by atoms with E-state index in [-0.39, 0.29) is 0 Å². The molecule has 0 aliphatic heterocycles. The predicted octanol–water partition coefficient (Wildman–Crippen LogP) is 9.24. The van der Waals surface area contributed by atoms with Crippen molar-refractivity contribution >= 4 is 31.9 Å². The van der Waals surface area contributed by atoms with Crippen LogP contribution < -0.4 is 0 Å². The highest BCUT2D eigenvalue weighted by Gasteiger charge is 2.62. The Morgan fingerprint density at radius 3 is 2.28 bits per heavy atom. The van der Waals surface area contributed by atoms with E-state index in [0.717, 1.165) is 41.4 Å². The molecule has 4 rings (SSSR count). The quantitative estimate of drug-likeness (QED) is 0.311. The molecule has 0 heterocycles. The lowest BCUT2D eigenvalue weighted by molar-refractivity contribution is -0.109. The summed E-state index contributed by atoms with van der Waals surface area (Å²) >= 11 is 8.28. The molecule has 2 heteroatoms. The van der Waals surface area contributed by atoms with Gasteiger partial charge in [0.15, 0.2) is 0 Å². The van der Waals surface area contributed by atoms with Crippen LogP contribution in [0.1, 0.15) is 105 Å². The third-order valence-electron chi connectivity index (χ3n) is 10.9. The van der Waals surface area contributed by atoms with E-state index in [0.29, 0.717) is 20.5 Å². The van der Waals surface area contributed by atoms with Crippen molar-refractivity contribution in [1.29, 1.82) is 0 Å². The second-order valence-corrected chi connectivity index (χ2v) is 14.7. The van der Waals surface area contributed by atoms with Crippen molar-refractivity contribution in [3.63, 3.8) is 0 Å². The van der Waals surface area contributed by atoms with Crippen molar-refractivity contribution in [1.82, 2.24) is 0 Å². The molecular weight excluding hydrogens is 484 g/mol. The number of hydrogen-bond donors (Lipinski definition) is 0. The summed E-state index contributed by atoms with van der Waals surface area (Å²) in [5, 5.41) is 0. The van der Waals surface area contributed by atoms with Crippen LogP contribution in [0.15, 0.2) is 0 Å². The molecule has 0 aromatic carbocycles. The number of alkyl halides is 2. The first kappa shape index (κ1) is 23.1. The highest BCUT2D eigenvalue weighted by Crippen LogP contribution is 2.69. The fourth-order valence-corrected chi connectivity index (χ4v) is 11.1. The molecule has 0 amide bonds. The Balaban J connectivity index is 1.50. The third kappa shape index (κ3) is 3.85. The lowest BCUT2D eigenvalue weighted by Gasteiger charge is -2.63. The summed E-state index contributed by atoms with van der Waals surface area (Å²) in [7, 11) is 0. The van der Waals surface area contributed by atoms with Crippen molar-refractivity contribution in [2.75, 3.05) is 0 Å². The minimum atomic E-state index is 0.512. The van der Waals surface area contributed by atoms with Gasteiger partial charge in [0.1, 0.15) is 0 Å². The molecule has 0 aromatic rings. The molecule has 0 nitrogen and oxygen atoms in total. The van der Waals surface area contributed by atoms with Gasteiger partial charge in [0.05, 0.1) is 0 Å². The first-order valence-electron chi connectivity index (χ1n) is 13.0. The topological polar surface area (TPSA) is 0 Å². The maximum absolute atomic E-state index is 4.23. The Hall–Kier alpha value is 0.960. The van der Waals surface area contributed by atoms with Gasteiger partial charge in [-0.15, -0.1) is 0 Å². The molecule has 0 N–H and O–H groups in total. The Morgan fingerprint density at radius 2 is 1.55 bits per heavy atom. The summed E-state index contributed by atoms with van der Waals surface area (Å²) in [6, 6.07) is 0. The fraction of sp³-hybridized carbons (Fsp3) is 1.00. The van der Waals surface area contributed by atoms with Gasteiger partial charge in [0.2, 0.25) is 0 Å². The van der Waals surface area contributed by atoms with E-state index >= 15 is 0 Å². The van der Waals surface area contributed by atoms with Crippen LogP contribution in [0.5, 0.6) is 0 Å². The molecule has 0 radical (unpaired) electrons. The standard InChI is InChI=1S/C27H46Br2/c1-17(2)7-6-8-18(3)21-12-13-22-20-11-9-19-10-14-24(28)25(29)27(19,5)23(20)15-16-26(21,22)4/h17-25H,6-16H2,1-5H3. The normalized spacial score (nSPS) is 50.7. The second-order valence-electron chi connectivity index (χ2n) is 12.5. The zero-order chi connectivity index (χ0) is 21.0. The Morgan fingerprint density at radius 1 is 0.828 bits per heavy atom. The summed E-state index contributed by atoms with van der Waals surface area (Å²) in [5.41, 5.74) is 1.14. The van der Waals surface area contributed by atoms with Gasteiger partial charge in [-0.05, 0) is 104 Å². The summed E-state index contributed by atoms with van der Waals surface area (Å²) in [4.78, 5) is 1.34. The average Bonchev–Trinajstić information content (AvgIpc) is 3.02. The molecule has 4 aliphatic carbocycles. The van der Waals surface area contributed by atoms with Crippen LogP contribution in [-0.2, 0) is 0 Å². The van der Waals surface area contributed by atoms with Crippen LogP contribution in [0.4, 0.5) is 0 Å². The second kappa shape index (κ2) is 8.72. The van der Waals surface area contributed by atoms with Crippen LogP contribution in [0.2, 0.25) is 0 Å². The summed E-state index contributed by atoms with van der Waals surface area (Å²) < 4.78 is 0. The van der Waals surface area contributed by atoms with Gasteiger partial charge < -0.3 is 0 Å². The van der Waals surface area contributed by atoms with Gasteiger partial charge in [0.25, 0.3) is 0 Å². The van der Waals surface area contributed by atoms with E-state index in [1.165, 1.54) is 70.6 Å². The predicted molar refractivity (Wildman–Crippen MR) is 134 cm³/mol. The van der Waals surface area contributed by atoms with E-state index in [2.05, 4.69) is 66.5 Å². The zero-order valence-corrected chi connectivity index (χ0v) is 22.9. The van der Waals surface area contributed by atoms with Gasteiger partial charge in [-0.1, -0.05) is 85.7 Å². The molecule has 0 saturated heterocycles. The van der Waals surface area contributed by atoms with Gasteiger partial charge in [-0.2, -0.15) is 0 Å². The molecule has 0 aromatic heterocycles. The van der Waals surface area contributed by atoms with E-state index in [9.17, 15) is 0 Å². The molecule has 4 fully saturated rings. The van der Waals surface area contributed by atoms with Crippen LogP contribution in [0.3, 0.4) is 0 Å². The van der Waals surface area contributed by atoms with E-state index < -0.39 is 0 Å². The molecule has 0 spiro atoms. The number of fused-ring (bicyclic) bond motifs is 5. The summed E-state index contributed by atoms with van der Waals surface area (Å²) in [6.07, 6.45) is 16.2. The van der Waals surface area contributed by atoms with Gasteiger partial charge >= 0.3 is 0 Å². The highest BCUT2D eigenvalue weighted by molar-refractivity contribution is 9.12. The number of halogens is 2. The monoisotopic (exact) mass is 528 g/mol. The average molecular weight is 530 g/mol. The first-order valence-corrected chi connectivity index (χ1v) is 14.8. The number of hydrogen-bond acceptors (Lipinski definition) is 0. The Labute approximate surface area is 198 Å². The molecule has 168 valence electrons. The molecule has 4 saturated carbocycles. The van der Waals surface area contributed by atoms with Crippen LogP contribution in [0, 0.1) is 52.3 Å². The molecule has 0 bridgehead atoms. The van der Waals surface area contributed by atoms with E-state index in [4.69, 9.17) is 0 Å². The van der Waals surface area contributed by atoms with Gasteiger partial charge in [0, 0.05) is 9.65 Å². The van der Waals surface area contributed by atoms with Crippen molar-refractivity contribution in [3.8, 4) is 0 Å². The van der Waals surface area contributed by atoms with Crippen LogP contribution >= 0.6 is 31.9 Å². The van der Waals surface area contributed by atoms with E-state index in [1.807, 2.05) is 0 Å². The highest BCUT2D eigenvalue weighted by atomic mass is 79.9. The third-order valence-corrected chi connectivity index (χ3v) is 14.2. The van der Waals surface area contributed by atoms with Crippen LogP contribution in [0.25, 0.3) is 0 Å². The van der Waals surface area contributed by atoms with Crippen molar-refractivity contribution in [2.24, 2.45) is 52.3 Å². The van der Waals surface area contributed by atoms with Gasteiger partial charge in [-0.3, -0.25) is 0 Å². The molecule has 10 atom stereocenters. The Bertz CT molecular complexity index is 569. The minimum absolute atomic E-state index is 0.512. The first-order chi connectivity index (χ1) is 13.7. The van der Waals surface area contributed by atoms with Crippen LogP contribution in [-0.4, -0.2) is 9.65 Å². The summed E-state index contributed by atoms with van der Waals surface area (Å²) in [6.45, 7) is 12.8. The summed E-state index contributed by atoms with van der Waals surface area (Å²) in [5.74, 6) is 6.70. The smallest absolute Gasteiger partial charge is 0.0330 e. The number of rotatable bonds is 5.